The van der Waals surface area contributed by atoms with Crippen molar-refractivity contribution in [3.05, 3.63) is 30.1 Å². The lowest BCUT2D eigenvalue weighted by molar-refractivity contribution is -0.118. The van der Waals surface area contributed by atoms with E-state index in [1.165, 1.54) is 12.8 Å². The summed E-state index contributed by atoms with van der Waals surface area (Å²) < 4.78 is 0. The molecular formula is C12H16N2O. The molecule has 0 atom stereocenters. The van der Waals surface area contributed by atoms with Crippen LogP contribution in [0, 0.1) is 0 Å². The van der Waals surface area contributed by atoms with Gasteiger partial charge >= 0.3 is 0 Å². The third-order valence-electron chi connectivity index (χ3n) is 2.56. The number of carbonyl (C=O) groups is 1. The highest BCUT2D eigenvalue weighted by Gasteiger charge is 2.19. The Labute approximate surface area is 89.9 Å². The molecule has 0 aromatic carbocycles. The van der Waals surface area contributed by atoms with Crippen LogP contribution in [0.4, 0.5) is 0 Å². The monoisotopic (exact) mass is 204 g/mol. The van der Waals surface area contributed by atoms with E-state index in [-0.39, 0.29) is 0 Å². The van der Waals surface area contributed by atoms with Gasteiger partial charge in [-0.2, -0.15) is 0 Å². The fourth-order valence-electron chi connectivity index (χ4n) is 1.52. The smallest absolute Gasteiger partial charge is 0.138 e. The van der Waals surface area contributed by atoms with Gasteiger partial charge in [0.2, 0.25) is 0 Å². The van der Waals surface area contributed by atoms with Gasteiger partial charge in [-0.1, -0.05) is 0 Å². The Kier molecular flexibility index (Phi) is 3.45. The van der Waals surface area contributed by atoms with Gasteiger partial charge in [0.15, 0.2) is 0 Å². The summed E-state index contributed by atoms with van der Waals surface area (Å²) in [5.74, 6) is 0.300. The molecule has 1 heterocycles. The van der Waals surface area contributed by atoms with Crippen LogP contribution in [0.25, 0.3) is 0 Å². The summed E-state index contributed by atoms with van der Waals surface area (Å²) in [6.45, 7) is 0.828. The molecule has 0 bridgehead atoms. The van der Waals surface area contributed by atoms with Gasteiger partial charge in [-0.25, -0.2) is 0 Å². The lowest BCUT2D eigenvalue weighted by atomic mass is 10.1. The molecule has 0 spiro atoms. The third-order valence-corrected chi connectivity index (χ3v) is 2.56. The average Bonchev–Trinajstić information content (AvgIpc) is 3.03. The predicted octanol–water partition coefficient (Wildman–Crippen LogP) is 1.34. The van der Waals surface area contributed by atoms with E-state index in [9.17, 15) is 4.79 Å². The summed E-state index contributed by atoms with van der Waals surface area (Å²) >= 11 is 0. The summed E-state index contributed by atoms with van der Waals surface area (Å²) in [5, 5.41) is 3.34. The number of aromatic nitrogens is 1. The SMILES string of the molecule is O=C(CCNC1CC1)Cc1ccncc1. The molecule has 80 valence electrons. The van der Waals surface area contributed by atoms with E-state index in [0.717, 1.165) is 12.1 Å². The standard InChI is InChI=1S/C12H16N2O/c15-12(5-8-14-11-1-2-11)9-10-3-6-13-7-4-10/h3-4,6-7,11,14H,1-2,5,8-9H2. The highest BCUT2D eigenvalue weighted by Crippen LogP contribution is 2.18. The summed E-state index contributed by atoms with van der Waals surface area (Å²) in [6.07, 6.45) is 7.18. The van der Waals surface area contributed by atoms with E-state index in [4.69, 9.17) is 0 Å². The second kappa shape index (κ2) is 5.03. The topological polar surface area (TPSA) is 42.0 Å². The number of nitrogens with zero attached hydrogens (tertiary/aromatic N) is 1. The first-order valence-electron chi connectivity index (χ1n) is 5.48. The van der Waals surface area contributed by atoms with E-state index in [1.54, 1.807) is 12.4 Å². The van der Waals surface area contributed by atoms with Gasteiger partial charge in [-0.05, 0) is 30.5 Å². The number of nitrogens with one attached hydrogen (secondary N) is 1. The van der Waals surface area contributed by atoms with Crippen LogP contribution in [0.3, 0.4) is 0 Å². The van der Waals surface area contributed by atoms with E-state index < -0.39 is 0 Å². The molecule has 0 radical (unpaired) electrons. The van der Waals surface area contributed by atoms with Gasteiger partial charge < -0.3 is 5.32 Å². The van der Waals surface area contributed by atoms with Crippen LogP contribution in [0.2, 0.25) is 0 Å². The van der Waals surface area contributed by atoms with E-state index in [0.29, 0.717) is 24.7 Å². The van der Waals surface area contributed by atoms with Crippen molar-refractivity contribution in [1.29, 1.82) is 0 Å². The zero-order valence-corrected chi connectivity index (χ0v) is 8.78. The van der Waals surface area contributed by atoms with E-state index in [1.807, 2.05) is 12.1 Å². The van der Waals surface area contributed by atoms with Crippen LogP contribution in [-0.4, -0.2) is 23.4 Å². The molecule has 1 aromatic heterocycles. The molecule has 0 unspecified atom stereocenters. The summed E-state index contributed by atoms with van der Waals surface area (Å²) in [4.78, 5) is 15.5. The van der Waals surface area contributed by atoms with Crippen molar-refractivity contribution in [2.45, 2.75) is 31.7 Å². The van der Waals surface area contributed by atoms with Crippen molar-refractivity contribution in [2.24, 2.45) is 0 Å². The Morgan fingerprint density at radius 1 is 1.40 bits per heavy atom. The van der Waals surface area contributed by atoms with Crippen molar-refractivity contribution < 1.29 is 4.79 Å². The predicted molar refractivity (Wildman–Crippen MR) is 58.6 cm³/mol. The van der Waals surface area contributed by atoms with Crippen LogP contribution in [0.1, 0.15) is 24.8 Å². The molecule has 1 aliphatic carbocycles. The number of rotatable bonds is 6. The second-order valence-corrected chi connectivity index (χ2v) is 4.05. The number of Topliss-reactive ketones (excluding diaryl/α,β-unsaturated/α-hetero) is 1. The maximum Gasteiger partial charge on any atom is 0.138 e. The fourth-order valence-corrected chi connectivity index (χ4v) is 1.52. The maximum atomic E-state index is 11.6. The van der Waals surface area contributed by atoms with Crippen LogP contribution < -0.4 is 5.32 Å². The number of hydrogen-bond acceptors (Lipinski definition) is 3. The Morgan fingerprint density at radius 2 is 2.13 bits per heavy atom. The minimum absolute atomic E-state index is 0.300. The Morgan fingerprint density at radius 3 is 2.80 bits per heavy atom. The lowest BCUT2D eigenvalue weighted by Gasteiger charge is -2.02. The number of carbonyl (C=O) groups excluding carboxylic acids is 1. The van der Waals surface area contributed by atoms with Gasteiger partial charge in [0.1, 0.15) is 5.78 Å². The van der Waals surface area contributed by atoms with E-state index >= 15 is 0 Å². The van der Waals surface area contributed by atoms with Crippen LogP contribution in [0.15, 0.2) is 24.5 Å². The zero-order chi connectivity index (χ0) is 10.5. The molecule has 0 amide bonds. The number of hydrogen-bond donors (Lipinski definition) is 1. The molecule has 1 saturated carbocycles. The quantitative estimate of drug-likeness (QED) is 0.760. The Balaban J connectivity index is 1.67. The van der Waals surface area contributed by atoms with Crippen molar-refractivity contribution in [3.63, 3.8) is 0 Å². The first-order valence-corrected chi connectivity index (χ1v) is 5.48. The van der Waals surface area contributed by atoms with Crippen molar-refractivity contribution in [2.75, 3.05) is 6.54 Å². The Bertz CT molecular complexity index is 320. The summed E-state index contributed by atoms with van der Waals surface area (Å²) in [7, 11) is 0. The molecular weight excluding hydrogens is 188 g/mol. The average molecular weight is 204 g/mol. The molecule has 1 fully saturated rings. The molecule has 1 N–H and O–H groups in total. The largest absolute Gasteiger partial charge is 0.314 e. The van der Waals surface area contributed by atoms with Crippen LogP contribution in [0.5, 0.6) is 0 Å². The normalized spacial score (nSPS) is 15.2. The molecule has 3 heteroatoms. The van der Waals surface area contributed by atoms with E-state index in [2.05, 4.69) is 10.3 Å². The highest BCUT2D eigenvalue weighted by molar-refractivity contribution is 5.80. The second-order valence-electron chi connectivity index (χ2n) is 4.05. The molecule has 15 heavy (non-hydrogen) atoms. The number of ketones is 1. The molecule has 0 saturated heterocycles. The Hall–Kier alpha value is -1.22. The van der Waals surface area contributed by atoms with Crippen molar-refractivity contribution in [1.82, 2.24) is 10.3 Å². The van der Waals surface area contributed by atoms with Gasteiger partial charge in [0.25, 0.3) is 0 Å². The van der Waals surface area contributed by atoms with Gasteiger partial charge in [-0.15, -0.1) is 0 Å². The van der Waals surface area contributed by atoms with Crippen LogP contribution >= 0.6 is 0 Å². The number of pyridine rings is 1. The molecule has 1 aliphatic rings. The summed E-state index contributed by atoms with van der Waals surface area (Å²) in [5.41, 5.74) is 1.06. The zero-order valence-electron chi connectivity index (χ0n) is 8.78. The van der Waals surface area contributed by atoms with Crippen LogP contribution in [-0.2, 0) is 11.2 Å². The fraction of sp³-hybridized carbons (Fsp3) is 0.500. The van der Waals surface area contributed by atoms with Gasteiger partial charge in [-0.3, -0.25) is 9.78 Å². The van der Waals surface area contributed by atoms with Crippen molar-refractivity contribution in [3.8, 4) is 0 Å². The minimum Gasteiger partial charge on any atom is -0.314 e. The molecule has 2 rings (SSSR count). The maximum absolute atomic E-state index is 11.6. The van der Waals surface area contributed by atoms with Gasteiger partial charge in [0.05, 0.1) is 0 Å². The molecule has 3 nitrogen and oxygen atoms in total. The van der Waals surface area contributed by atoms with Gasteiger partial charge in [0, 0.05) is 37.8 Å². The van der Waals surface area contributed by atoms with Crippen molar-refractivity contribution >= 4 is 5.78 Å². The third kappa shape index (κ3) is 3.80. The minimum atomic E-state index is 0.300. The molecule has 1 aromatic rings. The summed E-state index contributed by atoms with van der Waals surface area (Å²) in [6, 6.07) is 4.48. The highest BCUT2D eigenvalue weighted by atomic mass is 16.1. The first-order chi connectivity index (χ1) is 7.34. The lowest BCUT2D eigenvalue weighted by Crippen LogP contribution is -2.20. The first kappa shape index (κ1) is 10.3. The molecule has 0 aliphatic heterocycles.